The van der Waals surface area contributed by atoms with Gasteiger partial charge in [-0.1, -0.05) is 12.1 Å². The van der Waals surface area contributed by atoms with Crippen molar-refractivity contribution >= 4 is 5.97 Å². The smallest absolute Gasteiger partial charge is 0.302 e. The Kier molecular flexibility index (Phi) is 3.89. The highest BCUT2D eigenvalue weighted by Crippen LogP contribution is 2.67. The summed E-state index contributed by atoms with van der Waals surface area (Å²) >= 11 is 0. The number of carbonyl (C=O) groups is 1. The van der Waals surface area contributed by atoms with E-state index in [1.807, 2.05) is 12.1 Å². The van der Waals surface area contributed by atoms with E-state index in [1.165, 1.54) is 6.92 Å². The zero-order valence-electron chi connectivity index (χ0n) is 17.5. The Balaban J connectivity index is 1.86. The number of methoxy groups -OCH3 is 3. The number of ether oxygens (including phenoxy) is 5. The van der Waals surface area contributed by atoms with E-state index in [1.54, 1.807) is 21.3 Å². The van der Waals surface area contributed by atoms with Crippen LogP contribution in [0.5, 0.6) is 11.5 Å². The maximum atomic E-state index is 12.1. The molecule has 4 aliphatic rings. The fourth-order valence-corrected chi connectivity index (χ4v) is 6.42. The quantitative estimate of drug-likeness (QED) is 0.433. The molecule has 1 spiro atoms. The van der Waals surface area contributed by atoms with E-state index in [9.17, 15) is 4.79 Å². The Morgan fingerprint density at radius 2 is 1.97 bits per heavy atom. The van der Waals surface area contributed by atoms with Crippen LogP contribution in [0.3, 0.4) is 0 Å². The number of rotatable bonds is 4. The Labute approximate surface area is 170 Å². The fourth-order valence-electron chi connectivity index (χ4n) is 6.42. The van der Waals surface area contributed by atoms with Crippen LogP contribution in [0.25, 0.3) is 0 Å². The Morgan fingerprint density at radius 1 is 1.21 bits per heavy atom. The van der Waals surface area contributed by atoms with Crippen LogP contribution in [0.2, 0.25) is 0 Å². The molecule has 29 heavy (non-hydrogen) atoms. The molecule has 0 N–H and O–H groups in total. The second kappa shape index (κ2) is 5.97. The van der Waals surface area contributed by atoms with E-state index in [2.05, 4.69) is 24.1 Å². The van der Waals surface area contributed by atoms with Gasteiger partial charge in [-0.2, -0.15) is 0 Å². The second-order valence-electron chi connectivity index (χ2n) is 8.36. The largest absolute Gasteiger partial charge is 0.493 e. The van der Waals surface area contributed by atoms with Crippen molar-refractivity contribution < 1.29 is 28.5 Å². The van der Waals surface area contributed by atoms with Gasteiger partial charge < -0.3 is 23.7 Å². The first-order valence-corrected chi connectivity index (χ1v) is 9.96. The van der Waals surface area contributed by atoms with Gasteiger partial charge in [-0.05, 0) is 37.7 Å². The summed E-state index contributed by atoms with van der Waals surface area (Å²) in [6.07, 6.45) is 4.72. The SMILES string of the molecule is COc1ccc2c3c1OC1C(OC)(OC)C=CC4([C@H](OC(C)=O)C2)N(C)CCC314. The molecular formula is C22H27NO6. The number of benzene rings is 1. The van der Waals surface area contributed by atoms with Crippen LogP contribution in [0.15, 0.2) is 24.3 Å². The minimum Gasteiger partial charge on any atom is -0.493 e. The Hall–Kier alpha value is -2.09. The van der Waals surface area contributed by atoms with Crippen LogP contribution in [0.1, 0.15) is 24.5 Å². The molecule has 3 unspecified atom stereocenters. The first kappa shape index (κ1) is 18.9. The predicted octanol–water partition coefficient (Wildman–Crippen LogP) is 1.81. The normalized spacial score (nSPS) is 35.6. The van der Waals surface area contributed by atoms with Gasteiger partial charge in [0.25, 0.3) is 0 Å². The molecule has 0 saturated carbocycles. The number of likely N-dealkylation sites (N-methyl/N-ethyl adjacent to an activating group) is 1. The lowest BCUT2D eigenvalue weighted by atomic mass is 9.52. The molecule has 0 amide bonds. The molecule has 1 fully saturated rings. The number of hydrogen-bond acceptors (Lipinski definition) is 7. The van der Waals surface area contributed by atoms with Gasteiger partial charge >= 0.3 is 5.97 Å². The summed E-state index contributed by atoms with van der Waals surface area (Å²) in [7, 11) is 7.00. The molecule has 0 aromatic heterocycles. The van der Waals surface area contributed by atoms with E-state index in [-0.39, 0.29) is 12.1 Å². The molecule has 5 rings (SSSR count). The number of likely N-dealkylation sites (tertiary alicyclic amines) is 1. The summed E-state index contributed by atoms with van der Waals surface area (Å²) in [6.45, 7) is 2.30. The molecule has 0 bridgehead atoms. The molecule has 2 aliphatic carbocycles. The molecule has 7 nitrogen and oxygen atoms in total. The van der Waals surface area contributed by atoms with E-state index in [0.29, 0.717) is 12.2 Å². The minimum absolute atomic E-state index is 0.281. The molecule has 156 valence electrons. The van der Waals surface area contributed by atoms with Crippen molar-refractivity contribution in [3.05, 3.63) is 35.4 Å². The lowest BCUT2D eigenvalue weighted by molar-refractivity contribution is -0.245. The highest BCUT2D eigenvalue weighted by molar-refractivity contribution is 5.69. The van der Waals surface area contributed by atoms with Crippen molar-refractivity contribution in [2.45, 2.75) is 48.7 Å². The topological polar surface area (TPSA) is 66.5 Å². The van der Waals surface area contributed by atoms with E-state index < -0.39 is 22.8 Å². The van der Waals surface area contributed by atoms with Crippen molar-refractivity contribution in [2.75, 3.05) is 34.9 Å². The molecule has 1 saturated heterocycles. The van der Waals surface area contributed by atoms with Crippen LogP contribution in [0.4, 0.5) is 0 Å². The summed E-state index contributed by atoms with van der Waals surface area (Å²) in [6, 6.07) is 3.99. The summed E-state index contributed by atoms with van der Waals surface area (Å²) in [4.78, 5) is 14.3. The first-order chi connectivity index (χ1) is 13.9. The minimum atomic E-state index is -1.05. The molecule has 0 radical (unpaired) electrons. The van der Waals surface area contributed by atoms with Gasteiger partial charge in [0.05, 0.1) is 18.1 Å². The fraction of sp³-hybridized carbons (Fsp3) is 0.591. The van der Waals surface area contributed by atoms with Crippen LogP contribution in [-0.4, -0.2) is 69.3 Å². The first-order valence-electron chi connectivity index (χ1n) is 9.96. The Bertz CT molecular complexity index is 909. The van der Waals surface area contributed by atoms with Gasteiger partial charge in [-0.3, -0.25) is 9.69 Å². The van der Waals surface area contributed by atoms with Gasteiger partial charge in [0.15, 0.2) is 17.6 Å². The number of nitrogens with zero attached hydrogens (tertiary/aromatic N) is 1. The molecule has 2 aliphatic heterocycles. The van der Waals surface area contributed by atoms with Crippen LogP contribution in [-0.2, 0) is 30.8 Å². The summed E-state index contributed by atoms with van der Waals surface area (Å²) in [5.74, 6) is 0.117. The maximum Gasteiger partial charge on any atom is 0.302 e. The number of esters is 1. The third kappa shape index (κ3) is 1.96. The number of carbonyl (C=O) groups excluding carboxylic acids is 1. The average molecular weight is 401 g/mol. The summed E-state index contributed by atoms with van der Waals surface area (Å²) in [5.41, 5.74) is 1.23. The lowest BCUT2D eigenvalue weighted by Crippen LogP contribution is -2.74. The van der Waals surface area contributed by atoms with Crippen molar-refractivity contribution in [2.24, 2.45) is 0 Å². The summed E-state index contributed by atoms with van der Waals surface area (Å²) in [5, 5.41) is 0. The van der Waals surface area contributed by atoms with Gasteiger partial charge in [-0.15, -0.1) is 0 Å². The van der Waals surface area contributed by atoms with Crippen molar-refractivity contribution in [1.29, 1.82) is 0 Å². The highest BCUT2D eigenvalue weighted by Gasteiger charge is 2.77. The predicted molar refractivity (Wildman–Crippen MR) is 104 cm³/mol. The summed E-state index contributed by atoms with van der Waals surface area (Å²) < 4.78 is 30.0. The number of hydrogen-bond donors (Lipinski definition) is 0. The van der Waals surface area contributed by atoms with Crippen LogP contribution < -0.4 is 9.47 Å². The van der Waals surface area contributed by atoms with Gasteiger partial charge in [0, 0.05) is 33.1 Å². The van der Waals surface area contributed by atoms with E-state index >= 15 is 0 Å². The van der Waals surface area contributed by atoms with Crippen molar-refractivity contribution in [3.8, 4) is 11.5 Å². The molecule has 1 aromatic carbocycles. The zero-order chi connectivity index (χ0) is 20.6. The van der Waals surface area contributed by atoms with Gasteiger partial charge in [0.2, 0.25) is 5.79 Å². The maximum absolute atomic E-state index is 12.1. The third-order valence-electron chi connectivity index (χ3n) is 7.52. The molecule has 2 heterocycles. The monoisotopic (exact) mass is 401 g/mol. The van der Waals surface area contributed by atoms with Gasteiger partial charge in [-0.25, -0.2) is 0 Å². The third-order valence-corrected chi connectivity index (χ3v) is 7.52. The van der Waals surface area contributed by atoms with E-state index in [4.69, 9.17) is 23.7 Å². The lowest BCUT2D eigenvalue weighted by Gasteiger charge is -2.58. The zero-order valence-corrected chi connectivity index (χ0v) is 17.5. The average Bonchev–Trinajstić information content (AvgIpc) is 3.23. The molecule has 7 heteroatoms. The molecule has 4 atom stereocenters. The van der Waals surface area contributed by atoms with E-state index in [0.717, 1.165) is 29.8 Å². The van der Waals surface area contributed by atoms with Crippen LogP contribution in [0, 0.1) is 0 Å². The van der Waals surface area contributed by atoms with Crippen molar-refractivity contribution in [1.82, 2.24) is 4.90 Å². The second-order valence-corrected chi connectivity index (χ2v) is 8.36. The van der Waals surface area contributed by atoms with Gasteiger partial charge in [0.1, 0.15) is 6.10 Å². The van der Waals surface area contributed by atoms with Crippen molar-refractivity contribution in [3.63, 3.8) is 0 Å². The standard InChI is InChI=1S/C22H27NO6/c1-13(24)28-16-12-14-6-7-15(25-3)18-17(14)20-10-11-23(2)21(16,20)8-9-22(26-4,27-5)19(20)29-18/h6-9,16,19H,10-12H2,1-5H3/t16-,19?,20?,21?/m1/s1. The highest BCUT2D eigenvalue weighted by atomic mass is 16.7. The van der Waals surface area contributed by atoms with Crippen LogP contribution >= 0.6 is 0 Å². The Morgan fingerprint density at radius 3 is 2.62 bits per heavy atom. The molecule has 1 aromatic rings. The molecular weight excluding hydrogens is 374 g/mol.